The van der Waals surface area contributed by atoms with E-state index in [2.05, 4.69) is 10.1 Å². The lowest BCUT2D eigenvalue weighted by atomic mass is 10.2. The predicted octanol–water partition coefficient (Wildman–Crippen LogP) is 0.702. The quantitative estimate of drug-likeness (QED) is 0.725. The van der Waals surface area contributed by atoms with Crippen LogP contribution in [0.4, 0.5) is 0 Å². The first-order valence-corrected chi connectivity index (χ1v) is 8.01. The van der Waals surface area contributed by atoms with Gasteiger partial charge in [-0.15, -0.1) is 4.83 Å². The van der Waals surface area contributed by atoms with E-state index in [4.69, 9.17) is 4.74 Å². The summed E-state index contributed by atoms with van der Waals surface area (Å²) >= 11 is 0. The molecule has 0 amide bonds. The van der Waals surface area contributed by atoms with Gasteiger partial charge in [0.25, 0.3) is 10.0 Å². The van der Waals surface area contributed by atoms with Gasteiger partial charge in [-0.1, -0.05) is 6.07 Å². The van der Waals surface area contributed by atoms with Crippen molar-refractivity contribution in [3.63, 3.8) is 0 Å². The van der Waals surface area contributed by atoms with Crippen molar-refractivity contribution in [2.75, 3.05) is 21.2 Å². The number of nitrogens with one attached hydrogen (secondary N) is 2. The van der Waals surface area contributed by atoms with Crippen LogP contribution < -0.4 is 14.9 Å². The molecule has 0 aromatic heterocycles. The highest BCUT2D eigenvalue weighted by Gasteiger charge is 2.22. The van der Waals surface area contributed by atoms with Gasteiger partial charge in [0.15, 0.2) is 0 Å². The summed E-state index contributed by atoms with van der Waals surface area (Å²) in [5.41, 5.74) is 0.928. The average molecular weight is 299 g/mol. The third-order valence-corrected chi connectivity index (χ3v) is 4.50. The molecule has 0 saturated heterocycles. The van der Waals surface area contributed by atoms with E-state index in [0.29, 0.717) is 18.3 Å². The summed E-state index contributed by atoms with van der Waals surface area (Å²) in [4.78, 5) is 2.58. The van der Waals surface area contributed by atoms with Crippen molar-refractivity contribution in [3.8, 4) is 5.75 Å². The summed E-state index contributed by atoms with van der Waals surface area (Å²) in [7, 11) is 1.09. The summed E-state index contributed by atoms with van der Waals surface area (Å²) < 4.78 is 29.7. The van der Waals surface area contributed by atoms with Gasteiger partial charge in [-0.25, -0.2) is 13.4 Å². The smallest absolute Gasteiger partial charge is 0.257 e. The Morgan fingerprint density at radius 1 is 1.35 bits per heavy atom. The predicted molar refractivity (Wildman–Crippen MR) is 76.9 cm³/mol. The highest BCUT2D eigenvalue weighted by atomic mass is 32.2. The molecule has 1 saturated carbocycles. The van der Waals surface area contributed by atoms with E-state index < -0.39 is 10.0 Å². The summed E-state index contributed by atoms with van der Waals surface area (Å²) in [6.07, 6.45) is 2.40. The molecule has 20 heavy (non-hydrogen) atoms. The largest absolute Gasteiger partial charge is 0.495 e. The lowest BCUT2D eigenvalue weighted by Crippen LogP contribution is -2.36. The second-order valence-electron chi connectivity index (χ2n) is 5.13. The van der Waals surface area contributed by atoms with Crippen LogP contribution in [-0.4, -0.2) is 40.7 Å². The number of hydrazine groups is 1. The maximum absolute atomic E-state index is 12.3. The van der Waals surface area contributed by atoms with Crippen LogP contribution in [0.2, 0.25) is 0 Å². The van der Waals surface area contributed by atoms with Gasteiger partial charge in [0.1, 0.15) is 10.6 Å². The van der Waals surface area contributed by atoms with E-state index in [1.807, 2.05) is 6.07 Å². The van der Waals surface area contributed by atoms with Gasteiger partial charge in [-0.2, -0.15) is 0 Å². The Morgan fingerprint density at radius 2 is 2.05 bits per heavy atom. The fraction of sp³-hybridized carbons (Fsp3) is 0.538. The van der Waals surface area contributed by atoms with Gasteiger partial charge in [0.2, 0.25) is 0 Å². The average Bonchev–Trinajstić information content (AvgIpc) is 3.18. The van der Waals surface area contributed by atoms with Crippen LogP contribution in [0.25, 0.3) is 0 Å². The van der Waals surface area contributed by atoms with Gasteiger partial charge >= 0.3 is 0 Å². The van der Waals surface area contributed by atoms with Crippen molar-refractivity contribution < 1.29 is 13.2 Å². The normalized spacial score (nSPS) is 15.6. The Bertz CT molecular complexity index is 568. The fourth-order valence-electron chi connectivity index (χ4n) is 1.88. The molecule has 2 rings (SSSR count). The molecule has 0 bridgehead atoms. The zero-order chi connectivity index (χ0) is 14.8. The summed E-state index contributed by atoms with van der Waals surface area (Å²) in [6, 6.07) is 5.80. The van der Waals surface area contributed by atoms with Gasteiger partial charge in [0.05, 0.1) is 7.11 Å². The van der Waals surface area contributed by atoms with Crippen molar-refractivity contribution in [2.24, 2.45) is 0 Å². The first-order chi connectivity index (χ1) is 9.42. The highest BCUT2D eigenvalue weighted by molar-refractivity contribution is 7.89. The van der Waals surface area contributed by atoms with Crippen LogP contribution in [0.1, 0.15) is 18.4 Å². The van der Waals surface area contributed by atoms with Crippen molar-refractivity contribution in [2.45, 2.75) is 30.3 Å². The van der Waals surface area contributed by atoms with Crippen LogP contribution in [0, 0.1) is 0 Å². The van der Waals surface area contributed by atoms with Crippen LogP contribution in [0.5, 0.6) is 5.75 Å². The fourth-order valence-corrected chi connectivity index (χ4v) is 3.18. The molecule has 1 aromatic rings. The molecular weight excluding hydrogens is 278 g/mol. The molecule has 0 radical (unpaired) electrons. The van der Waals surface area contributed by atoms with E-state index in [0.717, 1.165) is 5.56 Å². The standard InChI is InChI=1S/C13H21N3O3S/c1-16(2)15-20(17,18)13-8-10(4-7-12(13)19-3)9-14-11-5-6-11/h4,7-8,11,14-15H,5-6,9H2,1-3H3. The minimum absolute atomic E-state index is 0.156. The van der Waals surface area contributed by atoms with E-state index in [-0.39, 0.29) is 4.90 Å². The van der Waals surface area contributed by atoms with E-state index in [1.54, 1.807) is 26.2 Å². The topological polar surface area (TPSA) is 70.7 Å². The van der Waals surface area contributed by atoms with E-state index >= 15 is 0 Å². The first kappa shape index (κ1) is 15.2. The molecule has 0 heterocycles. The number of rotatable bonds is 7. The SMILES string of the molecule is COc1ccc(CNC2CC2)cc1S(=O)(=O)NN(C)C. The van der Waals surface area contributed by atoms with Crippen LogP contribution in [0.15, 0.2) is 23.1 Å². The van der Waals surface area contributed by atoms with Crippen molar-refractivity contribution in [1.82, 2.24) is 15.2 Å². The molecule has 112 valence electrons. The van der Waals surface area contributed by atoms with E-state index in [1.165, 1.54) is 25.0 Å². The van der Waals surface area contributed by atoms with Gasteiger partial charge in [-0.05, 0) is 30.5 Å². The number of hydrogen-bond acceptors (Lipinski definition) is 5. The molecule has 2 N–H and O–H groups in total. The highest BCUT2D eigenvalue weighted by Crippen LogP contribution is 2.25. The summed E-state index contributed by atoms with van der Waals surface area (Å²) in [6.45, 7) is 0.666. The first-order valence-electron chi connectivity index (χ1n) is 6.52. The molecule has 0 aliphatic heterocycles. The number of ether oxygens (including phenoxy) is 1. The Labute approximate surface area is 120 Å². The van der Waals surface area contributed by atoms with Gasteiger partial charge in [-0.3, -0.25) is 0 Å². The lowest BCUT2D eigenvalue weighted by Gasteiger charge is -2.16. The minimum atomic E-state index is -3.62. The molecule has 0 unspecified atom stereocenters. The van der Waals surface area contributed by atoms with Crippen LogP contribution >= 0.6 is 0 Å². The Morgan fingerprint density at radius 3 is 2.60 bits per heavy atom. The number of nitrogens with zero attached hydrogens (tertiary/aromatic N) is 1. The van der Waals surface area contributed by atoms with Gasteiger partial charge in [0, 0.05) is 26.7 Å². The summed E-state index contributed by atoms with van der Waals surface area (Å²) in [5.74, 6) is 0.342. The zero-order valence-corrected chi connectivity index (χ0v) is 12.8. The number of methoxy groups -OCH3 is 1. The molecule has 0 atom stereocenters. The molecular formula is C13H21N3O3S. The number of benzene rings is 1. The second kappa shape index (κ2) is 6.09. The molecule has 7 heteroatoms. The monoisotopic (exact) mass is 299 g/mol. The molecule has 1 aliphatic rings. The van der Waals surface area contributed by atoms with Crippen molar-refractivity contribution in [3.05, 3.63) is 23.8 Å². The van der Waals surface area contributed by atoms with Gasteiger partial charge < -0.3 is 10.1 Å². The Kier molecular flexibility index (Phi) is 4.64. The Hall–Kier alpha value is -1.15. The van der Waals surface area contributed by atoms with Crippen molar-refractivity contribution >= 4 is 10.0 Å². The molecule has 1 aliphatic carbocycles. The maximum atomic E-state index is 12.3. The molecule has 1 aromatic carbocycles. The second-order valence-corrected chi connectivity index (χ2v) is 6.76. The molecule has 0 spiro atoms. The third-order valence-electron chi connectivity index (χ3n) is 2.99. The van der Waals surface area contributed by atoms with Crippen LogP contribution in [-0.2, 0) is 16.6 Å². The van der Waals surface area contributed by atoms with E-state index in [9.17, 15) is 8.42 Å². The molecule has 6 nitrogen and oxygen atoms in total. The summed E-state index contributed by atoms with van der Waals surface area (Å²) in [5, 5.41) is 4.76. The van der Waals surface area contributed by atoms with Crippen LogP contribution in [0.3, 0.4) is 0 Å². The number of hydrogen-bond donors (Lipinski definition) is 2. The van der Waals surface area contributed by atoms with Crippen molar-refractivity contribution in [1.29, 1.82) is 0 Å². The number of sulfonamides is 1. The zero-order valence-electron chi connectivity index (χ0n) is 12.0. The molecule has 1 fully saturated rings. The maximum Gasteiger partial charge on any atom is 0.257 e. The third kappa shape index (κ3) is 3.92. The minimum Gasteiger partial charge on any atom is -0.495 e. The lowest BCUT2D eigenvalue weighted by molar-refractivity contribution is 0.360. The Balaban J connectivity index is 2.25.